The summed E-state index contributed by atoms with van der Waals surface area (Å²) in [5, 5.41) is 9.22. The van der Waals surface area contributed by atoms with Crippen LogP contribution in [0.5, 0.6) is 11.5 Å². The zero-order chi connectivity index (χ0) is 18.1. The third kappa shape index (κ3) is 2.74. The Morgan fingerprint density at radius 1 is 1.04 bits per heavy atom. The minimum absolute atomic E-state index is 0.0218. The Morgan fingerprint density at radius 3 is 2.40 bits per heavy atom. The van der Waals surface area contributed by atoms with Gasteiger partial charge in [-0.1, -0.05) is 0 Å². The van der Waals surface area contributed by atoms with Crippen molar-refractivity contribution >= 4 is 16.9 Å². The van der Waals surface area contributed by atoms with E-state index in [1.807, 2.05) is 0 Å². The van der Waals surface area contributed by atoms with Crippen LogP contribution < -0.4 is 20.7 Å². The minimum Gasteiger partial charge on any atom is -0.493 e. The highest BCUT2D eigenvalue weighted by Crippen LogP contribution is 2.28. The number of nitrogens with zero attached hydrogens (tertiary/aromatic N) is 1. The van der Waals surface area contributed by atoms with Gasteiger partial charge < -0.3 is 19.6 Å². The lowest BCUT2D eigenvalue weighted by atomic mass is 10.1. The summed E-state index contributed by atoms with van der Waals surface area (Å²) in [5.74, 6) is -0.318. The fourth-order valence-electron chi connectivity index (χ4n) is 2.55. The molecule has 128 valence electrons. The predicted molar refractivity (Wildman–Crippen MR) is 90.2 cm³/mol. The van der Waals surface area contributed by atoms with Crippen molar-refractivity contribution in [1.29, 1.82) is 0 Å². The lowest BCUT2D eigenvalue weighted by Crippen LogP contribution is -2.33. The van der Waals surface area contributed by atoms with Crippen molar-refractivity contribution < 1.29 is 19.4 Å². The summed E-state index contributed by atoms with van der Waals surface area (Å²) in [7, 11) is 2.93. The lowest BCUT2D eigenvalue weighted by molar-refractivity contribution is 0.0697. The van der Waals surface area contributed by atoms with Gasteiger partial charge in [-0.2, -0.15) is 0 Å². The zero-order valence-electron chi connectivity index (χ0n) is 13.4. The molecule has 0 atom stereocenters. The van der Waals surface area contributed by atoms with E-state index in [2.05, 4.69) is 4.98 Å². The number of fused-ring (bicyclic) bond motifs is 1. The van der Waals surface area contributed by atoms with Crippen LogP contribution in [0.25, 0.3) is 16.6 Å². The van der Waals surface area contributed by atoms with Gasteiger partial charge >= 0.3 is 11.7 Å². The number of H-pyrrole nitrogens is 1. The number of ether oxygens (including phenoxy) is 2. The monoisotopic (exact) mass is 342 g/mol. The van der Waals surface area contributed by atoms with Crippen molar-refractivity contribution in [2.75, 3.05) is 14.2 Å². The number of aromatic amines is 1. The fourth-order valence-corrected chi connectivity index (χ4v) is 2.55. The molecule has 1 aromatic heterocycles. The molecule has 0 radical (unpaired) electrons. The number of rotatable bonds is 4. The molecule has 3 aromatic rings. The van der Waals surface area contributed by atoms with Gasteiger partial charge in [-0.25, -0.2) is 14.2 Å². The highest BCUT2D eigenvalue weighted by Gasteiger charge is 2.14. The zero-order valence-corrected chi connectivity index (χ0v) is 13.4. The highest BCUT2D eigenvalue weighted by molar-refractivity contribution is 5.92. The molecule has 0 spiro atoms. The average molecular weight is 342 g/mol. The van der Waals surface area contributed by atoms with Crippen LogP contribution in [0.3, 0.4) is 0 Å². The Labute approximate surface area is 140 Å². The highest BCUT2D eigenvalue weighted by atomic mass is 16.5. The number of hydrogen-bond donors (Lipinski definition) is 2. The van der Waals surface area contributed by atoms with E-state index in [4.69, 9.17) is 14.6 Å². The van der Waals surface area contributed by atoms with Gasteiger partial charge in [0.1, 0.15) is 0 Å². The molecule has 0 bridgehead atoms. The van der Waals surface area contributed by atoms with Crippen LogP contribution in [-0.4, -0.2) is 34.8 Å². The molecule has 8 heteroatoms. The second-order valence-electron chi connectivity index (χ2n) is 5.18. The van der Waals surface area contributed by atoms with Crippen LogP contribution in [0.2, 0.25) is 0 Å². The number of benzene rings is 2. The van der Waals surface area contributed by atoms with Crippen molar-refractivity contribution in [1.82, 2.24) is 9.55 Å². The number of nitrogens with one attached hydrogen (secondary N) is 1. The normalized spacial score (nSPS) is 10.6. The number of methoxy groups -OCH3 is 2. The summed E-state index contributed by atoms with van der Waals surface area (Å²) in [6, 6.07) is 8.57. The summed E-state index contributed by atoms with van der Waals surface area (Å²) in [4.78, 5) is 38.6. The maximum Gasteiger partial charge on any atom is 0.335 e. The van der Waals surface area contributed by atoms with Gasteiger partial charge in [0.25, 0.3) is 5.56 Å². The van der Waals surface area contributed by atoms with Gasteiger partial charge in [-0.05, 0) is 30.3 Å². The first-order chi connectivity index (χ1) is 12.0. The third-order valence-corrected chi connectivity index (χ3v) is 3.77. The van der Waals surface area contributed by atoms with Crippen LogP contribution >= 0.6 is 0 Å². The van der Waals surface area contributed by atoms with Crippen LogP contribution in [0.4, 0.5) is 0 Å². The standard InChI is InChI=1S/C17H14N2O6/c1-24-13-6-4-10(8-14(13)25-2)19-15(20)11-5-3-9(16(21)22)7-12(11)18-17(19)23/h3-8H,1-2H3,(H,18,23)(H,21,22). The molecule has 0 aliphatic carbocycles. The van der Waals surface area contributed by atoms with Gasteiger partial charge in [0.05, 0.1) is 36.4 Å². The van der Waals surface area contributed by atoms with Crippen molar-refractivity contribution in [2.24, 2.45) is 0 Å². The molecule has 0 aliphatic rings. The molecule has 8 nitrogen and oxygen atoms in total. The number of aromatic carboxylic acids is 1. The molecule has 0 amide bonds. The van der Waals surface area contributed by atoms with Crippen molar-refractivity contribution in [3.8, 4) is 17.2 Å². The van der Waals surface area contributed by atoms with E-state index in [-0.39, 0.29) is 16.5 Å². The third-order valence-electron chi connectivity index (χ3n) is 3.77. The van der Waals surface area contributed by atoms with Crippen LogP contribution in [-0.2, 0) is 0 Å². The Morgan fingerprint density at radius 2 is 1.76 bits per heavy atom. The molecule has 2 N–H and O–H groups in total. The lowest BCUT2D eigenvalue weighted by Gasteiger charge is -2.11. The smallest absolute Gasteiger partial charge is 0.335 e. The summed E-state index contributed by atoms with van der Waals surface area (Å²) >= 11 is 0. The largest absolute Gasteiger partial charge is 0.493 e. The number of carbonyl (C=O) groups is 1. The van der Waals surface area contributed by atoms with Crippen molar-refractivity contribution in [2.45, 2.75) is 0 Å². The van der Waals surface area contributed by atoms with Crippen molar-refractivity contribution in [3.63, 3.8) is 0 Å². The first-order valence-corrected chi connectivity index (χ1v) is 7.21. The SMILES string of the molecule is COc1ccc(-n2c(=O)[nH]c3cc(C(=O)O)ccc3c2=O)cc1OC. The molecule has 1 heterocycles. The van der Waals surface area contributed by atoms with Crippen LogP contribution in [0, 0.1) is 0 Å². The average Bonchev–Trinajstić information content (AvgIpc) is 2.60. The molecule has 0 saturated heterocycles. The Bertz CT molecular complexity index is 1100. The fraction of sp³-hybridized carbons (Fsp3) is 0.118. The molecule has 0 unspecified atom stereocenters. The van der Waals surface area contributed by atoms with Crippen LogP contribution in [0.15, 0.2) is 46.0 Å². The maximum absolute atomic E-state index is 12.7. The molecule has 0 aliphatic heterocycles. The van der Waals surface area contributed by atoms with Gasteiger partial charge in [0.2, 0.25) is 0 Å². The minimum atomic E-state index is -1.15. The Kier molecular flexibility index (Phi) is 4.02. The molecular weight excluding hydrogens is 328 g/mol. The van der Waals surface area contributed by atoms with E-state index in [1.54, 1.807) is 12.1 Å². The van der Waals surface area contributed by atoms with E-state index in [1.165, 1.54) is 38.5 Å². The Hall–Kier alpha value is -3.55. The van der Waals surface area contributed by atoms with Crippen molar-refractivity contribution in [3.05, 3.63) is 62.8 Å². The second kappa shape index (κ2) is 6.16. The summed E-state index contributed by atoms with van der Waals surface area (Å²) in [5.41, 5.74) is -0.818. The molecule has 0 saturated carbocycles. The van der Waals surface area contributed by atoms with Gasteiger partial charge in [0.15, 0.2) is 11.5 Å². The summed E-state index contributed by atoms with van der Waals surface area (Å²) in [6.07, 6.45) is 0. The van der Waals surface area contributed by atoms with Crippen LogP contribution in [0.1, 0.15) is 10.4 Å². The molecular formula is C17H14N2O6. The van der Waals surface area contributed by atoms with Gasteiger partial charge in [0, 0.05) is 6.07 Å². The molecule has 25 heavy (non-hydrogen) atoms. The van der Waals surface area contributed by atoms with Gasteiger partial charge in [-0.3, -0.25) is 4.79 Å². The Balaban J connectivity index is 2.27. The summed E-state index contributed by atoms with van der Waals surface area (Å²) in [6.45, 7) is 0. The van der Waals surface area contributed by atoms with E-state index in [9.17, 15) is 14.4 Å². The number of carboxylic acid groups (broad SMARTS) is 1. The topological polar surface area (TPSA) is 111 Å². The molecule has 2 aromatic carbocycles. The second-order valence-corrected chi connectivity index (χ2v) is 5.18. The van der Waals surface area contributed by atoms with Gasteiger partial charge in [-0.15, -0.1) is 0 Å². The van der Waals surface area contributed by atoms with E-state index < -0.39 is 17.2 Å². The number of aromatic nitrogens is 2. The predicted octanol–water partition coefficient (Wildman–Crippen LogP) is 1.39. The summed E-state index contributed by atoms with van der Waals surface area (Å²) < 4.78 is 11.3. The quantitative estimate of drug-likeness (QED) is 0.741. The van der Waals surface area contributed by atoms with E-state index in [0.29, 0.717) is 17.2 Å². The van der Waals surface area contributed by atoms with E-state index >= 15 is 0 Å². The maximum atomic E-state index is 12.7. The molecule has 0 fully saturated rings. The van der Waals surface area contributed by atoms with E-state index in [0.717, 1.165) is 4.57 Å². The first-order valence-electron chi connectivity index (χ1n) is 7.21. The first kappa shape index (κ1) is 16.3. The number of carboxylic acids is 1. The number of hydrogen-bond acceptors (Lipinski definition) is 5. The molecule has 3 rings (SSSR count).